The first-order chi connectivity index (χ1) is 7.22. The van der Waals surface area contributed by atoms with Crippen molar-refractivity contribution in [2.24, 2.45) is 0 Å². The number of nitrogens with zero attached hydrogens (tertiary/aromatic N) is 2. The highest BCUT2D eigenvalue weighted by molar-refractivity contribution is 5.29. The molecule has 0 aromatic carbocycles. The van der Waals surface area contributed by atoms with Gasteiger partial charge < -0.3 is 9.88 Å². The molecule has 1 N–H and O–H groups in total. The van der Waals surface area contributed by atoms with Crippen LogP contribution in [-0.2, 0) is 0 Å². The van der Waals surface area contributed by atoms with E-state index in [4.69, 9.17) is 0 Å². The van der Waals surface area contributed by atoms with Crippen molar-refractivity contribution in [2.45, 2.75) is 53.0 Å². The van der Waals surface area contributed by atoms with Crippen molar-refractivity contribution in [3.8, 4) is 0 Å². The van der Waals surface area contributed by atoms with E-state index in [-0.39, 0.29) is 0 Å². The minimum absolute atomic E-state index is 0.588. The van der Waals surface area contributed by atoms with Crippen molar-refractivity contribution >= 4 is 5.95 Å². The predicted molar refractivity (Wildman–Crippen MR) is 65.4 cm³/mol. The lowest BCUT2D eigenvalue weighted by Crippen LogP contribution is -2.12. The Kier molecular flexibility index (Phi) is 4.66. The molecule has 0 saturated heterocycles. The minimum Gasteiger partial charge on any atom is -0.356 e. The summed E-state index contributed by atoms with van der Waals surface area (Å²) in [4.78, 5) is 4.50. The molecular weight excluding hydrogens is 186 g/mol. The van der Waals surface area contributed by atoms with Gasteiger partial charge in [0.25, 0.3) is 0 Å². The van der Waals surface area contributed by atoms with Crippen LogP contribution in [0, 0.1) is 6.92 Å². The topological polar surface area (TPSA) is 29.9 Å². The Labute approximate surface area is 92.9 Å². The van der Waals surface area contributed by atoms with E-state index in [0.717, 1.165) is 18.2 Å². The molecule has 1 heterocycles. The molecule has 15 heavy (non-hydrogen) atoms. The van der Waals surface area contributed by atoms with Crippen molar-refractivity contribution in [2.75, 3.05) is 11.9 Å². The normalized spacial score (nSPS) is 12.8. The lowest BCUT2D eigenvalue weighted by molar-refractivity contribution is 0.451. The standard InChI is InChI=1S/C12H23N3/c1-5-8-11(6-2)15-9-10(4)14-12(15)13-7-3/h9,11H,5-8H2,1-4H3,(H,13,14). The number of aromatic nitrogens is 2. The van der Waals surface area contributed by atoms with Crippen molar-refractivity contribution < 1.29 is 0 Å². The summed E-state index contributed by atoms with van der Waals surface area (Å²) >= 11 is 0. The fourth-order valence-electron chi connectivity index (χ4n) is 1.96. The quantitative estimate of drug-likeness (QED) is 0.778. The van der Waals surface area contributed by atoms with Gasteiger partial charge in [-0.2, -0.15) is 0 Å². The summed E-state index contributed by atoms with van der Waals surface area (Å²) in [6.45, 7) is 9.56. The van der Waals surface area contributed by atoms with Gasteiger partial charge in [0, 0.05) is 18.8 Å². The van der Waals surface area contributed by atoms with Gasteiger partial charge in [-0.15, -0.1) is 0 Å². The number of rotatable bonds is 6. The van der Waals surface area contributed by atoms with Gasteiger partial charge in [-0.25, -0.2) is 4.98 Å². The first-order valence-electron chi connectivity index (χ1n) is 6.02. The zero-order chi connectivity index (χ0) is 11.3. The van der Waals surface area contributed by atoms with Crippen LogP contribution in [0.3, 0.4) is 0 Å². The molecule has 0 spiro atoms. The van der Waals surface area contributed by atoms with Gasteiger partial charge in [0.1, 0.15) is 0 Å². The Morgan fingerprint density at radius 1 is 1.40 bits per heavy atom. The number of hydrogen-bond donors (Lipinski definition) is 1. The maximum absolute atomic E-state index is 4.50. The van der Waals surface area contributed by atoms with Gasteiger partial charge in [-0.05, 0) is 26.7 Å². The van der Waals surface area contributed by atoms with E-state index in [1.165, 1.54) is 19.3 Å². The molecule has 86 valence electrons. The van der Waals surface area contributed by atoms with Gasteiger partial charge in [0.15, 0.2) is 0 Å². The molecule has 0 fully saturated rings. The van der Waals surface area contributed by atoms with Crippen LogP contribution in [0.5, 0.6) is 0 Å². The van der Waals surface area contributed by atoms with E-state index < -0.39 is 0 Å². The van der Waals surface area contributed by atoms with Gasteiger partial charge in [-0.3, -0.25) is 0 Å². The molecule has 1 rings (SSSR count). The second-order valence-corrected chi connectivity index (χ2v) is 3.99. The first kappa shape index (κ1) is 12.1. The van der Waals surface area contributed by atoms with Crippen LogP contribution >= 0.6 is 0 Å². The minimum atomic E-state index is 0.588. The van der Waals surface area contributed by atoms with Crippen molar-refractivity contribution in [1.82, 2.24) is 9.55 Å². The van der Waals surface area contributed by atoms with E-state index in [0.29, 0.717) is 6.04 Å². The second-order valence-electron chi connectivity index (χ2n) is 3.99. The highest BCUT2D eigenvalue weighted by atomic mass is 15.2. The van der Waals surface area contributed by atoms with E-state index in [2.05, 4.69) is 48.8 Å². The molecule has 0 aliphatic rings. The molecule has 3 heteroatoms. The summed E-state index contributed by atoms with van der Waals surface area (Å²) < 4.78 is 2.29. The summed E-state index contributed by atoms with van der Waals surface area (Å²) in [6.07, 6.45) is 5.77. The molecule has 0 aliphatic carbocycles. The molecule has 1 atom stereocenters. The molecule has 0 saturated carbocycles. The zero-order valence-electron chi connectivity index (χ0n) is 10.4. The smallest absolute Gasteiger partial charge is 0.203 e. The van der Waals surface area contributed by atoms with Gasteiger partial charge >= 0.3 is 0 Å². The van der Waals surface area contributed by atoms with Crippen LogP contribution in [0.2, 0.25) is 0 Å². The highest BCUT2D eigenvalue weighted by Gasteiger charge is 2.12. The maximum Gasteiger partial charge on any atom is 0.203 e. The molecule has 1 aromatic rings. The molecular formula is C12H23N3. The molecule has 3 nitrogen and oxygen atoms in total. The Morgan fingerprint density at radius 3 is 2.67 bits per heavy atom. The monoisotopic (exact) mass is 209 g/mol. The summed E-state index contributed by atoms with van der Waals surface area (Å²) in [7, 11) is 0. The first-order valence-corrected chi connectivity index (χ1v) is 6.02. The van der Waals surface area contributed by atoms with E-state index in [1.54, 1.807) is 0 Å². The average molecular weight is 209 g/mol. The van der Waals surface area contributed by atoms with Crippen LogP contribution in [0.4, 0.5) is 5.95 Å². The third-order valence-electron chi connectivity index (χ3n) is 2.67. The Balaban J connectivity index is 2.88. The van der Waals surface area contributed by atoms with Crippen LogP contribution < -0.4 is 5.32 Å². The molecule has 0 amide bonds. The number of hydrogen-bond acceptors (Lipinski definition) is 2. The van der Waals surface area contributed by atoms with Crippen molar-refractivity contribution in [3.63, 3.8) is 0 Å². The highest BCUT2D eigenvalue weighted by Crippen LogP contribution is 2.23. The number of imidazole rings is 1. The second kappa shape index (κ2) is 5.79. The van der Waals surface area contributed by atoms with Crippen molar-refractivity contribution in [3.05, 3.63) is 11.9 Å². The summed E-state index contributed by atoms with van der Waals surface area (Å²) in [6, 6.07) is 0.588. The number of aryl methyl sites for hydroxylation is 1. The van der Waals surface area contributed by atoms with Crippen LogP contribution in [-0.4, -0.2) is 16.1 Å². The van der Waals surface area contributed by atoms with E-state index in [1.807, 2.05) is 0 Å². The summed E-state index contributed by atoms with van der Waals surface area (Å²) in [5.74, 6) is 1.02. The maximum atomic E-state index is 4.50. The van der Waals surface area contributed by atoms with Crippen LogP contribution in [0.25, 0.3) is 0 Å². The average Bonchev–Trinajstić information content (AvgIpc) is 2.56. The van der Waals surface area contributed by atoms with Gasteiger partial charge in [0.05, 0.1) is 5.69 Å². The predicted octanol–water partition coefficient (Wildman–Crippen LogP) is 3.37. The molecule has 0 bridgehead atoms. The summed E-state index contributed by atoms with van der Waals surface area (Å²) in [5.41, 5.74) is 1.10. The third kappa shape index (κ3) is 2.98. The van der Waals surface area contributed by atoms with E-state index >= 15 is 0 Å². The Bertz CT molecular complexity index is 291. The number of anilines is 1. The molecule has 0 radical (unpaired) electrons. The van der Waals surface area contributed by atoms with Crippen LogP contribution in [0.15, 0.2) is 6.20 Å². The summed E-state index contributed by atoms with van der Waals surface area (Å²) in [5, 5.41) is 3.32. The molecule has 1 aromatic heterocycles. The van der Waals surface area contributed by atoms with Gasteiger partial charge in [-0.1, -0.05) is 20.3 Å². The molecule has 0 aliphatic heterocycles. The Morgan fingerprint density at radius 2 is 2.13 bits per heavy atom. The number of nitrogens with one attached hydrogen (secondary N) is 1. The fourth-order valence-corrected chi connectivity index (χ4v) is 1.96. The lowest BCUT2D eigenvalue weighted by Gasteiger charge is -2.18. The van der Waals surface area contributed by atoms with E-state index in [9.17, 15) is 0 Å². The van der Waals surface area contributed by atoms with Crippen LogP contribution in [0.1, 0.15) is 51.8 Å². The van der Waals surface area contributed by atoms with Crippen molar-refractivity contribution in [1.29, 1.82) is 0 Å². The fraction of sp³-hybridized carbons (Fsp3) is 0.750. The molecule has 1 unspecified atom stereocenters. The SMILES string of the molecule is CCCC(CC)n1cc(C)nc1NCC. The van der Waals surface area contributed by atoms with Gasteiger partial charge in [0.2, 0.25) is 5.95 Å². The largest absolute Gasteiger partial charge is 0.356 e. The zero-order valence-corrected chi connectivity index (χ0v) is 10.4. The third-order valence-corrected chi connectivity index (χ3v) is 2.67. The lowest BCUT2D eigenvalue weighted by atomic mass is 10.1. The Hall–Kier alpha value is -0.990.